The average molecular weight is 353 g/mol. The minimum Gasteiger partial charge on any atom is -0.492 e. The molecule has 134 valence electrons. The normalized spacial score (nSPS) is 19.2. The molecule has 1 aliphatic rings. The molecule has 0 spiro atoms. The fourth-order valence-electron chi connectivity index (χ4n) is 3.23. The van der Waals surface area contributed by atoms with Crippen molar-refractivity contribution in [3.63, 3.8) is 0 Å². The summed E-state index contributed by atoms with van der Waals surface area (Å²) in [7, 11) is 0. The van der Waals surface area contributed by atoms with Crippen LogP contribution in [0.15, 0.2) is 42.6 Å². The Morgan fingerprint density at radius 1 is 1.19 bits per heavy atom. The molecule has 4 rings (SSSR count). The Morgan fingerprint density at radius 3 is 2.65 bits per heavy atom. The molecule has 1 aromatic carbocycles. The lowest BCUT2D eigenvalue weighted by atomic mass is 9.80. The van der Waals surface area contributed by atoms with Crippen LogP contribution in [0.2, 0.25) is 0 Å². The molecule has 1 aliphatic carbocycles. The minimum absolute atomic E-state index is 0.165. The van der Waals surface area contributed by atoms with Crippen LogP contribution in [0.25, 0.3) is 17.2 Å². The Labute approximate surface area is 150 Å². The maximum atomic E-state index is 14.5. The molecule has 3 aromatic rings. The van der Waals surface area contributed by atoms with Crippen molar-refractivity contribution in [1.82, 2.24) is 19.7 Å². The van der Waals surface area contributed by atoms with Crippen LogP contribution < -0.4 is 10.5 Å². The Balaban J connectivity index is 1.81. The maximum absolute atomic E-state index is 14.5. The van der Waals surface area contributed by atoms with E-state index in [0.717, 1.165) is 18.7 Å². The Morgan fingerprint density at radius 2 is 2.00 bits per heavy atom. The lowest BCUT2D eigenvalue weighted by molar-refractivity contribution is 0.334. The van der Waals surface area contributed by atoms with Crippen molar-refractivity contribution in [3.8, 4) is 23.0 Å². The summed E-state index contributed by atoms with van der Waals surface area (Å²) >= 11 is 0. The minimum atomic E-state index is -0.329. The Kier molecular flexibility index (Phi) is 4.38. The highest BCUT2D eigenvalue weighted by Crippen LogP contribution is 2.37. The van der Waals surface area contributed by atoms with Gasteiger partial charge in [0, 0.05) is 12.0 Å². The number of nitrogens with two attached hydrogens (primary N) is 1. The first-order valence-electron chi connectivity index (χ1n) is 8.72. The standard InChI is InChI=1S/C19H20FN5O/c1-2-26-14-7-8-16(22-11-14)19-24-23-18(12-9-13(21)10-12)25(19)17-6-4-3-5-15(17)20/h3-8,11-13H,2,9-10,21H2,1H3/t12-,13-. The summed E-state index contributed by atoms with van der Waals surface area (Å²) in [5.74, 6) is 1.76. The highest BCUT2D eigenvalue weighted by atomic mass is 19.1. The van der Waals surface area contributed by atoms with Crippen LogP contribution in [0.4, 0.5) is 4.39 Å². The van der Waals surface area contributed by atoms with Crippen LogP contribution in [0.5, 0.6) is 5.75 Å². The number of nitrogens with zero attached hydrogens (tertiary/aromatic N) is 4. The van der Waals surface area contributed by atoms with Gasteiger partial charge in [-0.25, -0.2) is 9.37 Å². The van der Waals surface area contributed by atoms with Crippen LogP contribution >= 0.6 is 0 Å². The zero-order valence-electron chi connectivity index (χ0n) is 14.5. The van der Waals surface area contributed by atoms with Gasteiger partial charge in [0.1, 0.15) is 23.1 Å². The van der Waals surface area contributed by atoms with E-state index in [4.69, 9.17) is 10.5 Å². The highest BCUT2D eigenvalue weighted by Gasteiger charge is 2.33. The van der Waals surface area contributed by atoms with E-state index in [1.54, 1.807) is 29.0 Å². The number of rotatable bonds is 5. The van der Waals surface area contributed by atoms with E-state index in [-0.39, 0.29) is 17.8 Å². The zero-order valence-corrected chi connectivity index (χ0v) is 14.5. The largest absolute Gasteiger partial charge is 0.492 e. The lowest BCUT2D eigenvalue weighted by Crippen LogP contribution is -2.36. The van der Waals surface area contributed by atoms with Gasteiger partial charge >= 0.3 is 0 Å². The van der Waals surface area contributed by atoms with E-state index in [9.17, 15) is 4.39 Å². The summed E-state index contributed by atoms with van der Waals surface area (Å²) in [6.07, 6.45) is 3.28. The number of benzene rings is 1. The number of halogens is 1. The van der Waals surface area contributed by atoms with Gasteiger partial charge in [-0.2, -0.15) is 0 Å². The number of ether oxygens (including phenoxy) is 1. The zero-order chi connectivity index (χ0) is 18.1. The maximum Gasteiger partial charge on any atom is 0.187 e. The van der Waals surface area contributed by atoms with Crippen molar-refractivity contribution in [2.24, 2.45) is 5.73 Å². The van der Waals surface area contributed by atoms with Gasteiger partial charge in [0.25, 0.3) is 0 Å². The van der Waals surface area contributed by atoms with E-state index in [1.807, 2.05) is 19.1 Å². The Hall–Kier alpha value is -2.80. The quantitative estimate of drug-likeness (QED) is 0.763. The number of aromatic nitrogens is 4. The number of para-hydroxylation sites is 1. The predicted octanol–water partition coefficient (Wildman–Crippen LogP) is 3.07. The third kappa shape index (κ3) is 2.94. The molecule has 0 amide bonds. The van der Waals surface area contributed by atoms with Gasteiger partial charge in [0.2, 0.25) is 0 Å². The van der Waals surface area contributed by atoms with E-state index >= 15 is 0 Å². The van der Waals surface area contributed by atoms with Crippen molar-refractivity contribution in [1.29, 1.82) is 0 Å². The summed E-state index contributed by atoms with van der Waals surface area (Å²) in [6, 6.07) is 10.4. The molecule has 7 heteroatoms. The molecular formula is C19H20FN5O. The third-order valence-electron chi connectivity index (χ3n) is 4.60. The van der Waals surface area contributed by atoms with Gasteiger partial charge in [0.05, 0.1) is 18.5 Å². The van der Waals surface area contributed by atoms with Crippen molar-refractivity contribution < 1.29 is 9.13 Å². The van der Waals surface area contributed by atoms with E-state index in [1.165, 1.54) is 6.07 Å². The lowest BCUT2D eigenvalue weighted by Gasteiger charge is -2.31. The highest BCUT2D eigenvalue weighted by molar-refractivity contribution is 5.55. The molecule has 26 heavy (non-hydrogen) atoms. The average Bonchev–Trinajstić information content (AvgIpc) is 3.04. The smallest absolute Gasteiger partial charge is 0.187 e. The first kappa shape index (κ1) is 16.7. The van der Waals surface area contributed by atoms with Crippen molar-refractivity contribution >= 4 is 0 Å². The second-order valence-electron chi connectivity index (χ2n) is 6.41. The molecule has 0 unspecified atom stereocenters. The van der Waals surface area contributed by atoms with Crippen LogP contribution in [0.3, 0.4) is 0 Å². The monoisotopic (exact) mass is 353 g/mol. The first-order chi connectivity index (χ1) is 12.7. The van der Waals surface area contributed by atoms with Gasteiger partial charge in [-0.1, -0.05) is 12.1 Å². The summed E-state index contributed by atoms with van der Waals surface area (Å²) in [6.45, 7) is 2.48. The fourth-order valence-corrected chi connectivity index (χ4v) is 3.23. The van der Waals surface area contributed by atoms with Gasteiger partial charge in [0.15, 0.2) is 5.82 Å². The second-order valence-corrected chi connectivity index (χ2v) is 6.41. The molecule has 2 aromatic heterocycles. The van der Waals surface area contributed by atoms with E-state index in [0.29, 0.717) is 29.6 Å². The van der Waals surface area contributed by atoms with Crippen molar-refractivity contribution in [2.45, 2.75) is 31.7 Å². The van der Waals surface area contributed by atoms with Crippen LogP contribution in [-0.2, 0) is 0 Å². The van der Waals surface area contributed by atoms with Crippen LogP contribution in [-0.4, -0.2) is 32.4 Å². The summed E-state index contributed by atoms with van der Waals surface area (Å²) in [5, 5.41) is 8.65. The molecule has 0 aliphatic heterocycles. The second kappa shape index (κ2) is 6.84. The molecule has 0 atom stereocenters. The number of pyridine rings is 1. The first-order valence-corrected chi connectivity index (χ1v) is 8.72. The fraction of sp³-hybridized carbons (Fsp3) is 0.316. The van der Waals surface area contributed by atoms with Crippen LogP contribution in [0.1, 0.15) is 31.5 Å². The van der Waals surface area contributed by atoms with Crippen LogP contribution in [0, 0.1) is 5.82 Å². The van der Waals surface area contributed by atoms with Gasteiger partial charge in [-0.05, 0) is 44.0 Å². The summed E-state index contributed by atoms with van der Waals surface area (Å²) < 4.78 is 21.7. The van der Waals surface area contributed by atoms with Gasteiger partial charge < -0.3 is 10.5 Å². The van der Waals surface area contributed by atoms with E-state index in [2.05, 4.69) is 15.2 Å². The molecule has 2 heterocycles. The number of hydrogen-bond acceptors (Lipinski definition) is 5. The molecule has 6 nitrogen and oxygen atoms in total. The molecular weight excluding hydrogens is 333 g/mol. The summed E-state index contributed by atoms with van der Waals surface area (Å²) in [4.78, 5) is 4.42. The number of hydrogen-bond donors (Lipinski definition) is 1. The van der Waals surface area contributed by atoms with Gasteiger partial charge in [-0.15, -0.1) is 10.2 Å². The summed E-state index contributed by atoms with van der Waals surface area (Å²) in [5.41, 5.74) is 6.96. The third-order valence-corrected chi connectivity index (χ3v) is 4.60. The topological polar surface area (TPSA) is 78.9 Å². The SMILES string of the molecule is CCOc1ccc(-c2nnc([C@H]3C[C@H](N)C3)n2-c2ccccc2F)nc1. The predicted molar refractivity (Wildman–Crippen MR) is 95.7 cm³/mol. The molecule has 0 saturated heterocycles. The van der Waals surface area contributed by atoms with Crippen molar-refractivity contribution in [3.05, 3.63) is 54.2 Å². The molecule has 1 fully saturated rings. The molecule has 0 bridgehead atoms. The van der Waals surface area contributed by atoms with Crippen molar-refractivity contribution in [2.75, 3.05) is 6.61 Å². The molecule has 0 radical (unpaired) electrons. The van der Waals surface area contributed by atoms with E-state index < -0.39 is 0 Å². The van der Waals surface area contributed by atoms with Gasteiger partial charge in [-0.3, -0.25) is 4.57 Å². The molecule has 1 saturated carbocycles. The molecule has 2 N–H and O–H groups in total. The Bertz CT molecular complexity index is 903.